The van der Waals surface area contributed by atoms with Crippen molar-refractivity contribution >= 4 is 29.1 Å². The first-order valence-corrected chi connectivity index (χ1v) is 6.04. The van der Waals surface area contributed by atoms with Gasteiger partial charge in [-0.1, -0.05) is 11.6 Å². The number of benzene rings is 1. The Morgan fingerprint density at radius 1 is 1.25 bits per heavy atom. The summed E-state index contributed by atoms with van der Waals surface area (Å²) < 4.78 is 5.01. The molecule has 0 saturated carbocycles. The number of aromatic hydroxyl groups is 1. The number of hydrogen-bond acceptors (Lipinski definition) is 4. The molecule has 0 aliphatic carbocycles. The minimum absolute atomic E-state index is 0.0654. The van der Waals surface area contributed by atoms with E-state index in [4.69, 9.17) is 16.0 Å². The molecule has 104 valence electrons. The van der Waals surface area contributed by atoms with E-state index in [-0.39, 0.29) is 18.0 Å². The van der Waals surface area contributed by atoms with E-state index in [0.717, 1.165) is 0 Å². The van der Waals surface area contributed by atoms with Gasteiger partial charge in [0.2, 0.25) is 0 Å². The van der Waals surface area contributed by atoms with E-state index in [2.05, 4.69) is 10.6 Å². The summed E-state index contributed by atoms with van der Waals surface area (Å²) in [4.78, 5) is 23.2. The van der Waals surface area contributed by atoms with Crippen LogP contribution in [-0.2, 0) is 16.1 Å². The summed E-state index contributed by atoms with van der Waals surface area (Å²) >= 11 is 5.73. The van der Waals surface area contributed by atoms with Gasteiger partial charge in [0.1, 0.15) is 11.5 Å². The van der Waals surface area contributed by atoms with Gasteiger partial charge in [-0.2, -0.15) is 0 Å². The van der Waals surface area contributed by atoms with Crippen molar-refractivity contribution in [2.24, 2.45) is 0 Å². The second kappa shape index (κ2) is 6.12. The van der Waals surface area contributed by atoms with E-state index < -0.39 is 11.8 Å². The van der Waals surface area contributed by atoms with Crippen LogP contribution in [0.3, 0.4) is 0 Å². The quantitative estimate of drug-likeness (QED) is 0.595. The maximum atomic E-state index is 11.6. The van der Waals surface area contributed by atoms with Crippen LogP contribution >= 0.6 is 11.6 Å². The van der Waals surface area contributed by atoms with Gasteiger partial charge in [0.15, 0.2) is 0 Å². The molecule has 0 aliphatic heterocycles. The van der Waals surface area contributed by atoms with Crippen LogP contribution in [0.5, 0.6) is 5.75 Å². The predicted molar refractivity (Wildman–Crippen MR) is 72.3 cm³/mol. The molecule has 1 heterocycles. The van der Waals surface area contributed by atoms with Gasteiger partial charge >= 0.3 is 11.8 Å². The Hall–Kier alpha value is -2.47. The molecule has 0 aliphatic rings. The van der Waals surface area contributed by atoms with Gasteiger partial charge in [0, 0.05) is 5.02 Å². The summed E-state index contributed by atoms with van der Waals surface area (Å²) in [6.45, 7) is 0.0980. The number of hydrogen-bond donors (Lipinski definition) is 3. The van der Waals surface area contributed by atoms with Crippen molar-refractivity contribution in [2.45, 2.75) is 6.54 Å². The van der Waals surface area contributed by atoms with Gasteiger partial charge in [0.25, 0.3) is 0 Å². The van der Waals surface area contributed by atoms with E-state index in [0.29, 0.717) is 10.8 Å². The average Bonchev–Trinajstić information content (AvgIpc) is 2.93. The van der Waals surface area contributed by atoms with E-state index in [1.54, 1.807) is 12.1 Å². The summed E-state index contributed by atoms with van der Waals surface area (Å²) in [7, 11) is 0. The van der Waals surface area contributed by atoms with Gasteiger partial charge in [-0.05, 0) is 30.3 Å². The highest BCUT2D eigenvalue weighted by Gasteiger charge is 2.15. The lowest BCUT2D eigenvalue weighted by Crippen LogP contribution is -2.34. The molecule has 2 aromatic rings. The van der Waals surface area contributed by atoms with E-state index in [1.807, 2.05) is 0 Å². The number of phenolic OH excluding ortho intramolecular Hbond substituents is 1. The third kappa shape index (κ3) is 3.52. The first-order chi connectivity index (χ1) is 9.56. The molecule has 0 bridgehead atoms. The summed E-state index contributed by atoms with van der Waals surface area (Å²) in [5.74, 6) is -1.41. The minimum atomic E-state index is -0.908. The molecule has 1 aromatic carbocycles. The zero-order valence-electron chi connectivity index (χ0n) is 10.2. The molecule has 0 radical (unpaired) electrons. The Labute approximate surface area is 119 Å². The van der Waals surface area contributed by atoms with Crippen LogP contribution in [-0.4, -0.2) is 16.9 Å². The lowest BCUT2D eigenvalue weighted by molar-refractivity contribution is -0.136. The molecular weight excluding hydrogens is 284 g/mol. The van der Waals surface area contributed by atoms with Gasteiger partial charge in [0.05, 0.1) is 18.5 Å². The summed E-state index contributed by atoms with van der Waals surface area (Å²) in [5, 5.41) is 14.5. The first-order valence-electron chi connectivity index (χ1n) is 5.66. The highest BCUT2D eigenvalue weighted by Crippen LogP contribution is 2.26. The number of carbonyl (C=O) groups is 2. The first kappa shape index (κ1) is 14.0. The van der Waals surface area contributed by atoms with Crippen molar-refractivity contribution in [3.8, 4) is 5.75 Å². The molecule has 1 aromatic heterocycles. The monoisotopic (exact) mass is 294 g/mol. The number of nitrogens with one attached hydrogen (secondary N) is 2. The minimum Gasteiger partial charge on any atom is -0.506 e. The molecule has 2 amide bonds. The third-order valence-electron chi connectivity index (χ3n) is 2.42. The van der Waals surface area contributed by atoms with Crippen LogP contribution in [0.4, 0.5) is 5.69 Å². The molecule has 0 spiro atoms. The molecule has 20 heavy (non-hydrogen) atoms. The van der Waals surface area contributed by atoms with Crippen molar-refractivity contribution in [1.29, 1.82) is 0 Å². The molecule has 0 atom stereocenters. The Kier molecular flexibility index (Phi) is 4.27. The topological polar surface area (TPSA) is 91.6 Å². The standard InChI is InChI=1S/C13H11ClN2O4/c14-8-3-4-11(17)10(6-8)16-13(19)12(18)15-7-9-2-1-5-20-9/h1-6,17H,7H2,(H,15,18)(H,16,19). The summed E-state index contributed by atoms with van der Waals surface area (Å²) in [6, 6.07) is 7.46. The van der Waals surface area contributed by atoms with Crippen LogP contribution in [0.2, 0.25) is 5.02 Å². The van der Waals surface area contributed by atoms with Gasteiger partial charge in [-0.3, -0.25) is 9.59 Å². The number of anilines is 1. The molecule has 3 N–H and O–H groups in total. The van der Waals surface area contributed by atoms with E-state index in [1.165, 1.54) is 24.5 Å². The van der Waals surface area contributed by atoms with Crippen LogP contribution in [0.15, 0.2) is 41.0 Å². The second-order valence-corrected chi connectivity index (χ2v) is 4.31. The van der Waals surface area contributed by atoms with Crippen LogP contribution in [0.25, 0.3) is 0 Å². The van der Waals surface area contributed by atoms with Crippen LogP contribution in [0, 0.1) is 0 Å². The fourth-order valence-corrected chi connectivity index (χ4v) is 1.62. The number of rotatable bonds is 3. The van der Waals surface area contributed by atoms with Gasteiger partial charge in [-0.25, -0.2) is 0 Å². The van der Waals surface area contributed by atoms with Gasteiger partial charge < -0.3 is 20.2 Å². The maximum Gasteiger partial charge on any atom is 0.313 e. The zero-order valence-corrected chi connectivity index (χ0v) is 11.0. The highest BCUT2D eigenvalue weighted by molar-refractivity contribution is 6.40. The molecule has 0 unspecified atom stereocenters. The third-order valence-corrected chi connectivity index (χ3v) is 2.65. The zero-order chi connectivity index (χ0) is 14.5. The lowest BCUT2D eigenvalue weighted by atomic mass is 10.3. The van der Waals surface area contributed by atoms with Crippen molar-refractivity contribution < 1.29 is 19.1 Å². The van der Waals surface area contributed by atoms with Crippen LogP contribution in [0.1, 0.15) is 5.76 Å². The molecule has 6 nitrogen and oxygen atoms in total. The summed E-state index contributed by atoms with van der Waals surface area (Å²) in [6.07, 6.45) is 1.46. The average molecular weight is 295 g/mol. The molecule has 0 saturated heterocycles. The Morgan fingerprint density at radius 3 is 2.75 bits per heavy atom. The Morgan fingerprint density at radius 2 is 2.05 bits per heavy atom. The number of phenols is 1. The SMILES string of the molecule is O=C(NCc1ccco1)C(=O)Nc1cc(Cl)ccc1O. The fraction of sp³-hybridized carbons (Fsp3) is 0.0769. The van der Waals surface area contributed by atoms with Crippen LogP contribution < -0.4 is 10.6 Å². The van der Waals surface area contributed by atoms with Crippen molar-refractivity contribution in [1.82, 2.24) is 5.32 Å². The molecule has 7 heteroatoms. The number of furan rings is 1. The number of amides is 2. The second-order valence-electron chi connectivity index (χ2n) is 3.88. The normalized spacial score (nSPS) is 10.1. The molecule has 2 rings (SSSR count). The number of halogens is 1. The van der Waals surface area contributed by atoms with E-state index in [9.17, 15) is 14.7 Å². The summed E-state index contributed by atoms with van der Waals surface area (Å²) in [5.41, 5.74) is 0.0654. The maximum absolute atomic E-state index is 11.6. The molecule has 0 fully saturated rings. The molecular formula is C13H11ClN2O4. The predicted octanol–water partition coefficient (Wildman–Crippen LogP) is 1.89. The Balaban J connectivity index is 1.93. The van der Waals surface area contributed by atoms with Crippen molar-refractivity contribution in [3.05, 3.63) is 47.4 Å². The number of carbonyl (C=O) groups excluding carboxylic acids is 2. The van der Waals surface area contributed by atoms with Crippen molar-refractivity contribution in [3.63, 3.8) is 0 Å². The lowest BCUT2D eigenvalue weighted by Gasteiger charge is -2.07. The van der Waals surface area contributed by atoms with Crippen molar-refractivity contribution in [2.75, 3.05) is 5.32 Å². The van der Waals surface area contributed by atoms with Gasteiger partial charge in [-0.15, -0.1) is 0 Å². The Bertz CT molecular complexity index is 625. The van der Waals surface area contributed by atoms with E-state index >= 15 is 0 Å². The smallest absolute Gasteiger partial charge is 0.313 e. The largest absolute Gasteiger partial charge is 0.506 e. The fourth-order valence-electron chi connectivity index (χ4n) is 1.45. The highest BCUT2D eigenvalue weighted by atomic mass is 35.5.